The predicted octanol–water partition coefficient (Wildman–Crippen LogP) is -0.0136. The van der Waals surface area contributed by atoms with Gasteiger partial charge in [0.15, 0.2) is 6.10 Å². The SMILES string of the molecule is O[C@@H](CCn1cnnn1)C(F)(F)F. The van der Waals surface area contributed by atoms with E-state index in [1.165, 1.54) is 6.33 Å². The van der Waals surface area contributed by atoms with E-state index < -0.39 is 18.7 Å². The van der Waals surface area contributed by atoms with E-state index in [0.29, 0.717) is 0 Å². The van der Waals surface area contributed by atoms with E-state index in [1.807, 2.05) is 0 Å². The van der Waals surface area contributed by atoms with E-state index in [2.05, 4.69) is 15.5 Å². The van der Waals surface area contributed by atoms with Gasteiger partial charge < -0.3 is 5.11 Å². The van der Waals surface area contributed by atoms with E-state index in [1.54, 1.807) is 0 Å². The number of rotatable bonds is 3. The van der Waals surface area contributed by atoms with Crippen molar-refractivity contribution in [1.29, 1.82) is 0 Å². The fourth-order valence-electron chi connectivity index (χ4n) is 0.701. The largest absolute Gasteiger partial charge is 0.414 e. The summed E-state index contributed by atoms with van der Waals surface area (Å²) in [5, 5.41) is 18.4. The van der Waals surface area contributed by atoms with Gasteiger partial charge in [-0.05, 0) is 10.4 Å². The number of aryl methyl sites for hydroxylation is 1. The summed E-state index contributed by atoms with van der Waals surface area (Å²) < 4.78 is 36.4. The number of aliphatic hydroxyl groups excluding tert-OH is 1. The molecule has 0 unspecified atom stereocenters. The quantitative estimate of drug-likeness (QED) is 0.738. The number of nitrogens with zero attached hydrogens (tertiary/aromatic N) is 4. The predicted molar refractivity (Wildman–Crippen MR) is 34.5 cm³/mol. The van der Waals surface area contributed by atoms with Gasteiger partial charge in [-0.15, -0.1) is 5.10 Å². The van der Waals surface area contributed by atoms with Crippen LogP contribution < -0.4 is 0 Å². The van der Waals surface area contributed by atoms with Crippen molar-refractivity contribution in [3.8, 4) is 0 Å². The Morgan fingerprint density at radius 2 is 2.15 bits per heavy atom. The summed E-state index contributed by atoms with van der Waals surface area (Å²) in [5.74, 6) is 0. The van der Waals surface area contributed by atoms with E-state index >= 15 is 0 Å². The van der Waals surface area contributed by atoms with Gasteiger partial charge in [0.05, 0.1) is 0 Å². The van der Waals surface area contributed by atoms with Crippen LogP contribution in [0.4, 0.5) is 13.2 Å². The fourth-order valence-corrected chi connectivity index (χ4v) is 0.701. The van der Waals surface area contributed by atoms with Gasteiger partial charge in [0.1, 0.15) is 6.33 Å². The van der Waals surface area contributed by atoms with E-state index in [0.717, 1.165) is 4.68 Å². The van der Waals surface area contributed by atoms with Crippen molar-refractivity contribution >= 4 is 0 Å². The number of hydrogen-bond acceptors (Lipinski definition) is 4. The smallest absolute Gasteiger partial charge is 0.384 e. The third-order valence-corrected chi connectivity index (χ3v) is 1.40. The Morgan fingerprint density at radius 1 is 1.46 bits per heavy atom. The van der Waals surface area contributed by atoms with Crippen LogP contribution in [0.1, 0.15) is 6.42 Å². The van der Waals surface area contributed by atoms with Crippen LogP contribution >= 0.6 is 0 Å². The highest BCUT2D eigenvalue weighted by Crippen LogP contribution is 2.22. The zero-order valence-corrected chi connectivity index (χ0v) is 6.44. The lowest BCUT2D eigenvalue weighted by atomic mass is 10.2. The molecule has 0 aromatic carbocycles. The number of halogens is 3. The van der Waals surface area contributed by atoms with Crippen LogP contribution in [0.15, 0.2) is 6.33 Å². The lowest BCUT2D eigenvalue weighted by molar-refractivity contribution is -0.206. The van der Waals surface area contributed by atoms with Crippen LogP contribution in [0.25, 0.3) is 0 Å². The first-order valence-electron chi connectivity index (χ1n) is 3.45. The standard InChI is InChI=1S/C5H7F3N4O/c6-5(7,8)4(13)1-2-12-3-9-10-11-12/h3-4,13H,1-2H2/t4-/m0/s1. The third kappa shape index (κ3) is 2.98. The Morgan fingerprint density at radius 3 is 2.62 bits per heavy atom. The highest BCUT2D eigenvalue weighted by molar-refractivity contribution is 4.64. The minimum Gasteiger partial charge on any atom is -0.384 e. The van der Waals surface area contributed by atoms with Crippen molar-refractivity contribution in [3.63, 3.8) is 0 Å². The van der Waals surface area contributed by atoms with E-state index in [4.69, 9.17) is 5.11 Å². The van der Waals surface area contributed by atoms with Crippen molar-refractivity contribution < 1.29 is 18.3 Å². The van der Waals surface area contributed by atoms with Crippen LogP contribution in [-0.2, 0) is 6.54 Å². The second-order valence-corrected chi connectivity index (χ2v) is 2.42. The number of hydrogen-bond donors (Lipinski definition) is 1. The highest BCUT2D eigenvalue weighted by Gasteiger charge is 2.37. The van der Waals surface area contributed by atoms with Crippen LogP contribution in [0.2, 0.25) is 0 Å². The molecule has 0 radical (unpaired) electrons. The molecule has 1 aromatic heterocycles. The molecule has 1 rings (SSSR count). The molecule has 0 aliphatic heterocycles. The van der Waals surface area contributed by atoms with Crippen LogP contribution in [0, 0.1) is 0 Å². The zero-order chi connectivity index (χ0) is 9.90. The normalized spacial score (nSPS) is 14.5. The topological polar surface area (TPSA) is 63.8 Å². The fraction of sp³-hybridized carbons (Fsp3) is 0.800. The van der Waals surface area contributed by atoms with Gasteiger partial charge in [-0.3, -0.25) is 0 Å². The van der Waals surface area contributed by atoms with Gasteiger partial charge in [0.2, 0.25) is 0 Å². The molecule has 0 saturated carbocycles. The van der Waals surface area contributed by atoms with E-state index in [-0.39, 0.29) is 6.54 Å². The van der Waals surface area contributed by atoms with Crippen molar-refractivity contribution in [1.82, 2.24) is 20.2 Å². The van der Waals surface area contributed by atoms with Gasteiger partial charge in [0.25, 0.3) is 0 Å². The van der Waals surface area contributed by atoms with Crippen molar-refractivity contribution in [2.24, 2.45) is 0 Å². The molecule has 5 nitrogen and oxygen atoms in total. The lowest BCUT2D eigenvalue weighted by Crippen LogP contribution is -2.29. The second-order valence-electron chi connectivity index (χ2n) is 2.42. The summed E-state index contributed by atoms with van der Waals surface area (Å²) in [4.78, 5) is 0. The number of aliphatic hydroxyl groups is 1. The summed E-state index contributed by atoms with van der Waals surface area (Å²) in [6, 6.07) is 0. The average Bonchev–Trinajstić information content (AvgIpc) is 2.50. The summed E-state index contributed by atoms with van der Waals surface area (Å²) >= 11 is 0. The van der Waals surface area contributed by atoms with Crippen LogP contribution in [-0.4, -0.2) is 37.6 Å². The molecular formula is C5H7F3N4O. The summed E-state index contributed by atoms with van der Waals surface area (Å²) in [6.45, 7) is -0.0618. The van der Waals surface area contributed by atoms with Crippen molar-refractivity contribution in [3.05, 3.63) is 6.33 Å². The number of aromatic nitrogens is 4. The monoisotopic (exact) mass is 196 g/mol. The molecule has 1 aromatic rings. The number of alkyl halides is 3. The Hall–Kier alpha value is -1.18. The molecule has 1 atom stereocenters. The first-order chi connectivity index (χ1) is 6.00. The Kier molecular flexibility index (Phi) is 2.81. The van der Waals surface area contributed by atoms with Crippen LogP contribution in [0.3, 0.4) is 0 Å². The van der Waals surface area contributed by atoms with Gasteiger partial charge in [-0.1, -0.05) is 0 Å². The van der Waals surface area contributed by atoms with E-state index in [9.17, 15) is 13.2 Å². The molecule has 0 saturated heterocycles. The summed E-state index contributed by atoms with van der Waals surface area (Å²) in [5.41, 5.74) is 0. The molecule has 0 spiro atoms. The highest BCUT2D eigenvalue weighted by atomic mass is 19.4. The van der Waals surface area contributed by atoms with Crippen LogP contribution in [0.5, 0.6) is 0 Å². The molecule has 0 fully saturated rings. The Labute approximate surface area is 71.2 Å². The lowest BCUT2D eigenvalue weighted by Gasteiger charge is -2.13. The Bertz CT molecular complexity index is 247. The third-order valence-electron chi connectivity index (χ3n) is 1.40. The molecule has 1 heterocycles. The zero-order valence-electron chi connectivity index (χ0n) is 6.44. The number of tetrazole rings is 1. The minimum atomic E-state index is -4.58. The molecule has 0 aliphatic rings. The first-order valence-corrected chi connectivity index (χ1v) is 3.45. The molecular weight excluding hydrogens is 189 g/mol. The molecule has 8 heteroatoms. The Balaban J connectivity index is 2.35. The first kappa shape index (κ1) is 9.90. The second kappa shape index (κ2) is 3.69. The summed E-state index contributed by atoms with van der Waals surface area (Å²) in [6.07, 6.45) is -6.16. The van der Waals surface area contributed by atoms with Gasteiger partial charge in [-0.25, -0.2) is 4.68 Å². The molecule has 0 bridgehead atoms. The molecule has 0 amide bonds. The van der Waals surface area contributed by atoms with Gasteiger partial charge >= 0.3 is 6.18 Å². The molecule has 13 heavy (non-hydrogen) atoms. The van der Waals surface area contributed by atoms with Crippen molar-refractivity contribution in [2.75, 3.05) is 0 Å². The average molecular weight is 196 g/mol. The molecule has 0 aliphatic carbocycles. The van der Waals surface area contributed by atoms with Gasteiger partial charge in [-0.2, -0.15) is 13.2 Å². The summed E-state index contributed by atoms with van der Waals surface area (Å²) in [7, 11) is 0. The van der Waals surface area contributed by atoms with Gasteiger partial charge in [0, 0.05) is 13.0 Å². The minimum absolute atomic E-state index is 0.0618. The van der Waals surface area contributed by atoms with Crippen molar-refractivity contribution in [2.45, 2.75) is 25.2 Å². The molecule has 74 valence electrons. The maximum Gasteiger partial charge on any atom is 0.414 e. The maximum atomic E-state index is 11.8. The maximum absolute atomic E-state index is 11.8. The molecule has 1 N–H and O–H groups in total.